The molecular formula is C10H13ClO. The molecule has 1 nitrogen and oxygen atoms in total. The number of ether oxygens (including phenoxy) is 1. The van der Waals surface area contributed by atoms with Crippen LogP contribution >= 0.6 is 11.6 Å². The van der Waals surface area contributed by atoms with Crippen LogP contribution in [0.4, 0.5) is 0 Å². The van der Waals surface area contributed by atoms with Crippen molar-refractivity contribution in [3.8, 4) is 5.75 Å². The Hall–Kier alpha value is -0.690. The van der Waals surface area contributed by atoms with Gasteiger partial charge in [-0.25, -0.2) is 0 Å². The van der Waals surface area contributed by atoms with Gasteiger partial charge in [-0.1, -0.05) is 24.6 Å². The molecule has 0 radical (unpaired) electrons. The fraction of sp³-hybridized carbons (Fsp3) is 0.400. The molecule has 1 rings (SSSR count). The van der Waals surface area contributed by atoms with Gasteiger partial charge in [0.25, 0.3) is 0 Å². The molecule has 1 aromatic rings. The Kier molecular flexibility index (Phi) is 3.42. The topological polar surface area (TPSA) is 9.23 Å². The minimum Gasteiger partial charge on any atom is -0.492 e. The molecule has 1 aromatic carbocycles. The summed E-state index contributed by atoms with van der Waals surface area (Å²) in [4.78, 5) is 0. The van der Waals surface area contributed by atoms with E-state index >= 15 is 0 Å². The molecule has 0 aromatic heterocycles. The highest BCUT2D eigenvalue weighted by molar-refractivity contribution is 6.32. The number of benzene rings is 1. The van der Waals surface area contributed by atoms with E-state index in [9.17, 15) is 0 Å². The van der Waals surface area contributed by atoms with Crippen molar-refractivity contribution in [2.24, 2.45) is 0 Å². The number of hydrogen-bond donors (Lipinski definition) is 0. The fourth-order valence-electron chi connectivity index (χ4n) is 1.04. The van der Waals surface area contributed by atoms with Gasteiger partial charge < -0.3 is 4.74 Å². The van der Waals surface area contributed by atoms with E-state index in [0.29, 0.717) is 11.6 Å². The van der Waals surface area contributed by atoms with Crippen molar-refractivity contribution in [2.75, 3.05) is 6.61 Å². The average molecular weight is 185 g/mol. The van der Waals surface area contributed by atoms with Gasteiger partial charge in [0, 0.05) is 0 Å². The van der Waals surface area contributed by atoms with Gasteiger partial charge in [-0.2, -0.15) is 0 Å². The first-order valence-electron chi connectivity index (χ1n) is 4.19. The third-order valence-corrected chi connectivity index (χ3v) is 2.00. The van der Waals surface area contributed by atoms with E-state index in [1.807, 2.05) is 25.1 Å². The second-order valence-corrected chi connectivity index (χ2v) is 2.96. The predicted octanol–water partition coefficient (Wildman–Crippen LogP) is 3.30. The van der Waals surface area contributed by atoms with Crippen molar-refractivity contribution >= 4 is 11.6 Å². The highest BCUT2D eigenvalue weighted by Crippen LogP contribution is 2.25. The van der Waals surface area contributed by atoms with Crippen molar-refractivity contribution in [1.29, 1.82) is 0 Å². The zero-order chi connectivity index (χ0) is 8.97. The molecule has 2 heteroatoms. The largest absolute Gasteiger partial charge is 0.492 e. The maximum Gasteiger partial charge on any atom is 0.137 e. The summed E-state index contributed by atoms with van der Waals surface area (Å²) in [7, 11) is 0. The number of aryl methyl sites for hydroxylation is 1. The molecule has 0 fully saturated rings. The third-order valence-electron chi connectivity index (χ3n) is 1.70. The highest BCUT2D eigenvalue weighted by Gasteiger charge is 2.00. The second-order valence-electron chi connectivity index (χ2n) is 2.55. The smallest absolute Gasteiger partial charge is 0.137 e. The van der Waals surface area contributed by atoms with E-state index in [2.05, 4.69) is 6.92 Å². The van der Waals surface area contributed by atoms with Gasteiger partial charge in [0.2, 0.25) is 0 Å². The average Bonchev–Trinajstić information content (AvgIpc) is 2.09. The monoisotopic (exact) mass is 184 g/mol. The Balaban J connectivity index is 2.87. The van der Waals surface area contributed by atoms with E-state index < -0.39 is 0 Å². The molecule has 0 saturated heterocycles. The van der Waals surface area contributed by atoms with Crippen LogP contribution in [0.3, 0.4) is 0 Å². The van der Waals surface area contributed by atoms with Crippen LogP contribution in [0, 0.1) is 0 Å². The molecule has 0 bridgehead atoms. The first-order valence-corrected chi connectivity index (χ1v) is 4.57. The Morgan fingerprint density at radius 2 is 2.08 bits per heavy atom. The van der Waals surface area contributed by atoms with Crippen molar-refractivity contribution in [3.63, 3.8) is 0 Å². The van der Waals surface area contributed by atoms with E-state index in [1.54, 1.807) is 0 Å². The highest BCUT2D eigenvalue weighted by atomic mass is 35.5. The molecular weight excluding hydrogens is 172 g/mol. The summed E-state index contributed by atoms with van der Waals surface area (Å²) >= 11 is 5.96. The fourth-order valence-corrected chi connectivity index (χ4v) is 1.29. The molecule has 0 atom stereocenters. The first kappa shape index (κ1) is 9.40. The minimum absolute atomic E-state index is 0.658. The molecule has 66 valence electrons. The number of rotatable bonds is 3. The summed E-state index contributed by atoms with van der Waals surface area (Å²) in [5.41, 5.74) is 1.24. The van der Waals surface area contributed by atoms with Crippen LogP contribution in [0.5, 0.6) is 5.75 Å². The van der Waals surface area contributed by atoms with Crippen LogP contribution in [0.15, 0.2) is 18.2 Å². The summed E-state index contributed by atoms with van der Waals surface area (Å²) in [6.07, 6.45) is 1.01. The molecule has 0 heterocycles. The van der Waals surface area contributed by atoms with Gasteiger partial charge in [0.1, 0.15) is 5.75 Å². The SMILES string of the molecule is CCOc1ccc(CC)cc1Cl. The quantitative estimate of drug-likeness (QED) is 0.701. The predicted molar refractivity (Wildman–Crippen MR) is 52.0 cm³/mol. The van der Waals surface area contributed by atoms with Crippen LogP contribution < -0.4 is 4.74 Å². The summed E-state index contributed by atoms with van der Waals surface area (Å²) < 4.78 is 5.30. The molecule has 0 unspecified atom stereocenters. The summed E-state index contributed by atoms with van der Waals surface area (Å²) in [6, 6.07) is 5.91. The van der Waals surface area contributed by atoms with Crippen molar-refractivity contribution in [2.45, 2.75) is 20.3 Å². The van der Waals surface area contributed by atoms with E-state index in [1.165, 1.54) is 5.56 Å². The lowest BCUT2D eigenvalue weighted by molar-refractivity contribution is 0.340. The normalized spacial score (nSPS) is 9.92. The van der Waals surface area contributed by atoms with Gasteiger partial charge in [-0.15, -0.1) is 0 Å². The van der Waals surface area contributed by atoms with Crippen LogP contribution in [-0.4, -0.2) is 6.61 Å². The lowest BCUT2D eigenvalue weighted by atomic mass is 10.2. The van der Waals surface area contributed by atoms with Gasteiger partial charge in [0.15, 0.2) is 0 Å². The first-order chi connectivity index (χ1) is 5.77. The second kappa shape index (κ2) is 4.36. The van der Waals surface area contributed by atoms with Crippen LogP contribution in [0.25, 0.3) is 0 Å². The third kappa shape index (κ3) is 2.15. The van der Waals surface area contributed by atoms with Crippen molar-refractivity contribution < 1.29 is 4.74 Å². The van der Waals surface area contributed by atoms with Gasteiger partial charge >= 0.3 is 0 Å². The zero-order valence-corrected chi connectivity index (χ0v) is 8.19. The molecule has 0 aliphatic rings. The minimum atomic E-state index is 0.658. The summed E-state index contributed by atoms with van der Waals surface area (Å²) in [5, 5.41) is 0.705. The summed E-state index contributed by atoms with van der Waals surface area (Å²) in [6.45, 7) is 4.71. The standard InChI is InChI=1S/C10H13ClO/c1-3-8-5-6-10(12-4-2)9(11)7-8/h5-7H,3-4H2,1-2H3. The Bertz CT molecular complexity index is 258. The molecule has 0 amide bonds. The lowest BCUT2D eigenvalue weighted by Gasteiger charge is -2.06. The Labute approximate surface area is 78.3 Å². The Morgan fingerprint density at radius 1 is 1.33 bits per heavy atom. The van der Waals surface area contributed by atoms with Gasteiger partial charge in [0.05, 0.1) is 11.6 Å². The van der Waals surface area contributed by atoms with E-state index in [-0.39, 0.29) is 0 Å². The van der Waals surface area contributed by atoms with Crippen molar-refractivity contribution in [1.82, 2.24) is 0 Å². The van der Waals surface area contributed by atoms with Crippen LogP contribution in [0.2, 0.25) is 5.02 Å². The molecule has 0 aliphatic heterocycles. The van der Waals surface area contributed by atoms with Crippen LogP contribution in [0.1, 0.15) is 19.4 Å². The maximum atomic E-state index is 5.96. The van der Waals surface area contributed by atoms with Crippen LogP contribution in [-0.2, 0) is 6.42 Å². The molecule has 0 aliphatic carbocycles. The van der Waals surface area contributed by atoms with Gasteiger partial charge in [-0.05, 0) is 31.0 Å². The zero-order valence-electron chi connectivity index (χ0n) is 7.43. The molecule has 0 saturated carbocycles. The Morgan fingerprint density at radius 3 is 2.58 bits per heavy atom. The molecule has 0 spiro atoms. The summed E-state index contributed by atoms with van der Waals surface area (Å²) in [5.74, 6) is 0.774. The van der Waals surface area contributed by atoms with Gasteiger partial charge in [-0.3, -0.25) is 0 Å². The number of hydrogen-bond acceptors (Lipinski definition) is 1. The lowest BCUT2D eigenvalue weighted by Crippen LogP contribution is -1.92. The molecule has 12 heavy (non-hydrogen) atoms. The number of halogens is 1. The van der Waals surface area contributed by atoms with E-state index in [4.69, 9.17) is 16.3 Å². The van der Waals surface area contributed by atoms with E-state index in [0.717, 1.165) is 12.2 Å². The maximum absolute atomic E-state index is 5.96. The molecule has 0 N–H and O–H groups in total. The van der Waals surface area contributed by atoms with Crippen molar-refractivity contribution in [3.05, 3.63) is 28.8 Å².